The van der Waals surface area contributed by atoms with Crippen LogP contribution in [-0.4, -0.2) is 41.6 Å². The molecule has 0 amide bonds. The highest BCUT2D eigenvalue weighted by Gasteiger charge is 2.28. The minimum atomic E-state index is -0.0371. The van der Waals surface area contributed by atoms with E-state index in [4.69, 9.17) is 16.3 Å². The number of rotatable bonds is 2. The lowest BCUT2D eigenvalue weighted by Gasteiger charge is -2.29. The summed E-state index contributed by atoms with van der Waals surface area (Å²) in [7, 11) is 2.09. The summed E-state index contributed by atoms with van der Waals surface area (Å²) in [6, 6.07) is 1.88. The Morgan fingerprint density at radius 2 is 2.24 bits per heavy atom. The van der Waals surface area contributed by atoms with Crippen LogP contribution in [0, 0.1) is 0 Å². The summed E-state index contributed by atoms with van der Waals surface area (Å²) in [4.78, 5) is 11.1. The molecule has 3 rings (SSSR count). The number of likely N-dealkylation sites (N-methyl/N-ethyl adjacent to an activating group) is 1. The van der Waals surface area contributed by atoms with Gasteiger partial charge in [0.15, 0.2) is 5.82 Å². The highest BCUT2D eigenvalue weighted by atomic mass is 35.5. The molecule has 1 saturated carbocycles. The van der Waals surface area contributed by atoms with E-state index in [1.165, 1.54) is 12.8 Å². The van der Waals surface area contributed by atoms with Gasteiger partial charge in [-0.3, -0.25) is 0 Å². The Labute approximate surface area is 106 Å². The number of hydrogen-bond acceptors (Lipinski definition) is 4. The van der Waals surface area contributed by atoms with Gasteiger partial charge < -0.3 is 9.64 Å². The van der Waals surface area contributed by atoms with E-state index >= 15 is 0 Å². The van der Waals surface area contributed by atoms with E-state index in [1.54, 1.807) is 0 Å². The van der Waals surface area contributed by atoms with Gasteiger partial charge in [0.1, 0.15) is 11.3 Å². The summed E-state index contributed by atoms with van der Waals surface area (Å²) >= 11 is 6.06. The van der Waals surface area contributed by atoms with Crippen molar-refractivity contribution >= 4 is 11.6 Å². The van der Waals surface area contributed by atoms with Gasteiger partial charge in [0.05, 0.1) is 6.61 Å². The fraction of sp³-hybridized carbons (Fsp3) is 0.667. The van der Waals surface area contributed by atoms with Gasteiger partial charge in [-0.05, 0) is 26.0 Å². The van der Waals surface area contributed by atoms with E-state index in [1.807, 2.05) is 6.07 Å². The molecule has 2 aliphatic rings. The maximum atomic E-state index is 6.06. The molecule has 1 aliphatic heterocycles. The average Bonchev–Trinajstić information content (AvgIpc) is 3.12. The zero-order chi connectivity index (χ0) is 11.8. The highest BCUT2D eigenvalue weighted by Crippen LogP contribution is 2.39. The molecule has 4 nitrogen and oxygen atoms in total. The van der Waals surface area contributed by atoms with Gasteiger partial charge in [-0.25, -0.2) is 9.97 Å². The molecule has 1 aromatic heterocycles. The van der Waals surface area contributed by atoms with Crippen LogP contribution in [0.1, 0.15) is 36.4 Å². The molecule has 1 aliphatic carbocycles. The molecule has 0 N–H and O–H groups in total. The molecule has 1 unspecified atom stereocenters. The molecule has 0 radical (unpaired) electrons. The van der Waals surface area contributed by atoms with Gasteiger partial charge in [0.25, 0.3) is 0 Å². The molecule has 2 fully saturated rings. The van der Waals surface area contributed by atoms with Gasteiger partial charge in [-0.1, -0.05) is 11.6 Å². The summed E-state index contributed by atoms with van der Waals surface area (Å²) in [5.74, 6) is 1.33. The minimum Gasteiger partial charge on any atom is -0.368 e. The van der Waals surface area contributed by atoms with Crippen LogP contribution in [0.4, 0.5) is 0 Å². The molecule has 1 saturated heterocycles. The van der Waals surface area contributed by atoms with Crippen LogP contribution in [0.25, 0.3) is 0 Å². The van der Waals surface area contributed by atoms with Gasteiger partial charge in [-0.15, -0.1) is 0 Å². The van der Waals surface area contributed by atoms with Crippen LogP contribution in [-0.2, 0) is 4.74 Å². The lowest BCUT2D eigenvalue weighted by molar-refractivity contribution is -0.0255. The van der Waals surface area contributed by atoms with E-state index in [-0.39, 0.29) is 6.10 Å². The van der Waals surface area contributed by atoms with Crippen LogP contribution in [0.3, 0.4) is 0 Å². The Kier molecular flexibility index (Phi) is 3.03. The third-order valence-electron chi connectivity index (χ3n) is 3.29. The molecule has 0 aromatic carbocycles. The fourth-order valence-electron chi connectivity index (χ4n) is 2.12. The van der Waals surface area contributed by atoms with Crippen LogP contribution in [0.5, 0.6) is 0 Å². The van der Waals surface area contributed by atoms with E-state index in [2.05, 4.69) is 21.9 Å². The second-order valence-corrected chi connectivity index (χ2v) is 5.26. The van der Waals surface area contributed by atoms with Gasteiger partial charge in [0.2, 0.25) is 0 Å². The van der Waals surface area contributed by atoms with E-state index in [0.29, 0.717) is 11.1 Å². The maximum absolute atomic E-state index is 6.06. The molecule has 2 heterocycles. The first-order valence-corrected chi connectivity index (χ1v) is 6.44. The Balaban J connectivity index is 1.85. The Bertz CT molecular complexity index is 422. The predicted octanol–water partition coefficient (Wildman–Crippen LogP) is 2.01. The number of ether oxygens (including phenoxy) is 1. The molecular weight excluding hydrogens is 238 g/mol. The van der Waals surface area contributed by atoms with Gasteiger partial charge in [0, 0.05) is 24.7 Å². The summed E-state index contributed by atoms with van der Waals surface area (Å²) in [6.45, 7) is 2.53. The van der Waals surface area contributed by atoms with Crippen molar-refractivity contribution in [2.45, 2.75) is 24.9 Å². The van der Waals surface area contributed by atoms with Crippen molar-refractivity contribution < 1.29 is 4.74 Å². The summed E-state index contributed by atoms with van der Waals surface area (Å²) in [5, 5.41) is 0.536. The molecule has 1 aromatic rings. The van der Waals surface area contributed by atoms with E-state index in [0.717, 1.165) is 31.2 Å². The van der Waals surface area contributed by atoms with Crippen molar-refractivity contribution in [1.82, 2.24) is 14.9 Å². The van der Waals surface area contributed by atoms with Crippen molar-refractivity contribution in [3.05, 3.63) is 22.7 Å². The van der Waals surface area contributed by atoms with Gasteiger partial charge in [-0.2, -0.15) is 0 Å². The number of halogens is 1. The first kappa shape index (κ1) is 11.4. The SMILES string of the molecule is CN1CCOC(c2nc(Cl)cc(C3CC3)n2)C1. The van der Waals surface area contributed by atoms with Crippen molar-refractivity contribution in [3.8, 4) is 0 Å². The van der Waals surface area contributed by atoms with Crippen LogP contribution >= 0.6 is 11.6 Å². The monoisotopic (exact) mass is 253 g/mol. The van der Waals surface area contributed by atoms with Gasteiger partial charge >= 0.3 is 0 Å². The van der Waals surface area contributed by atoms with Crippen LogP contribution in [0.15, 0.2) is 6.07 Å². The molecule has 5 heteroatoms. The molecule has 92 valence electrons. The second kappa shape index (κ2) is 4.52. The van der Waals surface area contributed by atoms with Crippen molar-refractivity contribution in [1.29, 1.82) is 0 Å². The number of aromatic nitrogens is 2. The first-order valence-electron chi connectivity index (χ1n) is 6.07. The lowest BCUT2D eigenvalue weighted by atomic mass is 10.2. The zero-order valence-corrected chi connectivity index (χ0v) is 10.7. The summed E-state index contributed by atoms with van der Waals surface area (Å²) in [6.07, 6.45) is 2.40. The molecule has 0 spiro atoms. The molecule has 0 bridgehead atoms. The largest absolute Gasteiger partial charge is 0.368 e. The maximum Gasteiger partial charge on any atom is 0.160 e. The minimum absolute atomic E-state index is 0.0371. The molecule has 1 atom stereocenters. The lowest BCUT2D eigenvalue weighted by Crippen LogP contribution is -2.36. The van der Waals surface area contributed by atoms with E-state index < -0.39 is 0 Å². The van der Waals surface area contributed by atoms with Crippen LogP contribution < -0.4 is 0 Å². The predicted molar refractivity (Wildman–Crippen MR) is 65.2 cm³/mol. The quantitative estimate of drug-likeness (QED) is 0.756. The summed E-state index contributed by atoms with van der Waals surface area (Å²) < 4.78 is 5.72. The number of hydrogen-bond donors (Lipinski definition) is 0. The standard InChI is InChI=1S/C12H16ClN3O/c1-16-4-5-17-10(7-16)12-14-9(8-2-3-8)6-11(13)15-12/h6,8,10H,2-5,7H2,1H3. The first-order chi connectivity index (χ1) is 8.22. The Hall–Kier alpha value is -0.710. The fourth-order valence-corrected chi connectivity index (χ4v) is 2.32. The average molecular weight is 254 g/mol. The highest BCUT2D eigenvalue weighted by molar-refractivity contribution is 6.29. The van der Waals surface area contributed by atoms with Crippen molar-refractivity contribution in [3.63, 3.8) is 0 Å². The third kappa shape index (κ3) is 2.59. The smallest absolute Gasteiger partial charge is 0.160 e. The summed E-state index contributed by atoms with van der Waals surface area (Å²) in [5.41, 5.74) is 1.08. The molecular formula is C12H16ClN3O. The second-order valence-electron chi connectivity index (χ2n) is 4.87. The number of nitrogens with zero attached hydrogens (tertiary/aromatic N) is 3. The normalized spacial score (nSPS) is 26.1. The van der Waals surface area contributed by atoms with E-state index in [9.17, 15) is 0 Å². The Morgan fingerprint density at radius 3 is 2.94 bits per heavy atom. The zero-order valence-electron chi connectivity index (χ0n) is 9.90. The number of morpholine rings is 1. The van der Waals surface area contributed by atoms with Crippen molar-refractivity contribution in [2.24, 2.45) is 0 Å². The van der Waals surface area contributed by atoms with Crippen LogP contribution in [0.2, 0.25) is 5.15 Å². The Morgan fingerprint density at radius 1 is 1.41 bits per heavy atom. The van der Waals surface area contributed by atoms with Crippen molar-refractivity contribution in [2.75, 3.05) is 26.7 Å². The third-order valence-corrected chi connectivity index (χ3v) is 3.48. The topological polar surface area (TPSA) is 38.2 Å². The molecule has 17 heavy (non-hydrogen) atoms.